The van der Waals surface area contributed by atoms with E-state index < -0.39 is 16.1 Å². The lowest BCUT2D eigenvalue weighted by atomic mass is 10.1. The smallest absolute Gasteiger partial charge is 0.243 e. The van der Waals surface area contributed by atoms with Gasteiger partial charge in [-0.05, 0) is 56.4 Å². The Hall–Kier alpha value is -1.21. The lowest BCUT2D eigenvalue weighted by Gasteiger charge is -2.30. The first-order valence-electron chi connectivity index (χ1n) is 9.69. The van der Waals surface area contributed by atoms with Gasteiger partial charge >= 0.3 is 0 Å². The van der Waals surface area contributed by atoms with E-state index in [0.29, 0.717) is 23.9 Å². The standard InChI is InChI=1S/C20H32N2O3S2/c1-5-19(20(23)21-10-11-26-18-8-6-7-9-18)22(27(4,24)25)17-13-15(2)12-16(3)14-17/h12-14,18-19H,5-11H2,1-4H3,(H,21,23)/t19-/m1/s1. The molecule has 1 atom stereocenters. The summed E-state index contributed by atoms with van der Waals surface area (Å²) in [5.74, 6) is 0.643. The number of nitrogens with one attached hydrogen (secondary N) is 1. The highest BCUT2D eigenvalue weighted by atomic mass is 32.2. The molecule has 0 heterocycles. The highest BCUT2D eigenvalue weighted by molar-refractivity contribution is 7.99. The number of aryl methyl sites for hydroxylation is 2. The Morgan fingerprint density at radius 2 is 1.81 bits per heavy atom. The zero-order chi connectivity index (χ0) is 20.0. The molecule has 7 heteroatoms. The molecule has 1 aromatic rings. The van der Waals surface area contributed by atoms with E-state index in [4.69, 9.17) is 0 Å². The van der Waals surface area contributed by atoms with Crippen molar-refractivity contribution in [1.82, 2.24) is 5.32 Å². The van der Waals surface area contributed by atoms with Crippen LogP contribution in [0.3, 0.4) is 0 Å². The number of hydrogen-bond acceptors (Lipinski definition) is 4. The number of sulfonamides is 1. The van der Waals surface area contributed by atoms with Gasteiger partial charge in [-0.25, -0.2) is 8.42 Å². The molecule has 5 nitrogen and oxygen atoms in total. The van der Waals surface area contributed by atoms with Crippen molar-refractivity contribution in [2.75, 3.05) is 22.9 Å². The first-order chi connectivity index (χ1) is 12.7. The molecule has 1 saturated carbocycles. The number of amides is 1. The van der Waals surface area contributed by atoms with E-state index in [-0.39, 0.29) is 5.91 Å². The van der Waals surface area contributed by atoms with Gasteiger partial charge in [0.2, 0.25) is 15.9 Å². The minimum absolute atomic E-state index is 0.228. The first-order valence-corrected chi connectivity index (χ1v) is 12.6. The van der Waals surface area contributed by atoms with Crippen LogP contribution in [0.25, 0.3) is 0 Å². The maximum absolute atomic E-state index is 12.8. The molecule has 1 aliphatic carbocycles. The molecule has 0 spiro atoms. The SMILES string of the molecule is CC[C@H](C(=O)NCCSC1CCCC1)N(c1cc(C)cc(C)c1)S(C)(=O)=O. The average Bonchev–Trinajstić information content (AvgIpc) is 3.07. The average molecular weight is 413 g/mol. The van der Waals surface area contributed by atoms with Gasteiger partial charge < -0.3 is 5.32 Å². The summed E-state index contributed by atoms with van der Waals surface area (Å²) in [6, 6.07) is 4.89. The molecule has 1 N–H and O–H groups in total. The van der Waals surface area contributed by atoms with Crippen molar-refractivity contribution in [3.8, 4) is 0 Å². The van der Waals surface area contributed by atoms with Crippen LogP contribution in [0.2, 0.25) is 0 Å². The van der Waals surface area contributed by atoms with Crippen LogP contribution >= 0.6 is 11.8 Å². The second-order valence-electron chi connectivity index (χ2n) is 7.40. The Balaban J connectivity index is 2.08. The number of nitrogens with zero attached hydrogens (tertiary/aromatic N) is 1. The van der Waals surface area contributed by atoms with Gasteiger partial charge in [-0.1, -0.05) is 25.8 Å². The number of rotatable bonds is 9. The van der Waals surface area contributed by atoms with Gasteiger partial charge in [0.15, 0.2) is 0 Å². The molecule has 1 fully saturated rings. The second kappa shape index (κ2) is 9.82. The number of benzene rings is 1. The predicted octanol–water partition coefficient (Wildman–Crippen LogP) is 3.64. The van der Waals surface area contributed by atoms with Gasteiger partial charge in [0, 0.05) is 17.5 Å². The monoisotopic (exact) mass is 412 g/mol. The summed E-state index contributed by atoms with van der Waals surface area (Å²) < 4.78 is 26.3. The van der Waals surface area contributed by atoms with Gasteiger partial charge in [0.05, 0.1) is 11.9 Å². The number of carbonyl (C=O) groups is 1. The number of hydrogen-bond donors (Lipinski definition) is 1. The van der Waals surface area contributed by atoms with Crippen molar-refractivity contribution >= 4 is 33.4 Å². The Bertz CT molecular complexity index is 723. The fraction of sp³-hybridized carbons (Fsp3) is 0.650. The third kappa shape index (κ3) is 6.42. The molecule has 152 valence electrons. The van der Waals surface area contributed by atoms with Crippen LogP contribution in [0.4, 0.5) is 5.69 Å². The van der Waals surface area contributed by atoms with E-state index in [2.05, 4.69) is 5.32 Å². The van der Waals surface area contributed by atoms with Gasteiger partial charge in [-0.2, -0.15) is 11.8 Å². The zero-order valence-corrected chi connectivity index (χ0v) is 18.5. The third-order valence-corrected chi connectivity index (χ3v) is 7.41. The van der Waals surface area contributed by atoms with Crippen LogP contribution < -0.4 is 9.62 Å². The molecule has 1 aromatic carbocycles. The molecule has 0 saturated heterocycles. The van der Waals surface area contributed by atoms with Crippen LogP contribution in [-0.2, 0) is 14.8 Å². The molecule has 1 amide bonds. The molecule has 0 aromatic heterocycles. The van der Waals surface area contributed by atoms with Crippen molar-refractivity contribution in [2.24, 2.45) is 0 Å². The Labute approximate surface area is 168 Å². The predicted molar refractivity (Wildman–Crippen MR) is 115 cm³/mol. The maximum atomic E-state index is 12.8. The van der Waals surface area contributed by atoms with Crippen LogP contribution in [0.15, 0.2) is 18.2 Å². The van der Waals surface area contributed by atoms with Crippen molar-refractivity contribution in [2.45, 2.75) is 64.2 Å². The lowest BCUT2D eigenvalue weighted by Crippen LogP contribution is -2.49. The Kier molecular flexibility index (Phi) is 8.04. The summed E-state index contributed by atoms with van der Waals surface area (Å²) >= 11 is 1.91. The topological polar surface area (TPSA) is 66.5 Å². The normalized spacial score (nSPS) is 16.3. The summed E-state index contributed by atoms with van der Waals surface area (Å²) in [7, 11) is -3.58. The summed E-state index contributed by atoms with van der Waals surface area (Å²) in [5.41, 5.74) is 2.50. The van der Waals surface area contributed by atoms with Crippen LogP contribution in [0.1, 0.15) is 50.2 Å². The number of anilines is 1. The minimum Gasteiger partial charge on any atom is -0.353 e. The van der Waals surface area contributed by atoms with Crippen LogP contribution in [0.5, 0.6) is 0 Å². The molecule has 0 aliphatic heterocycles. The van der Waals surface area contributed by atoms with E-state index in [1.165, 1.54) is 30.0 Å². The van der Waals surface area contributed by atoms with Gasteiger partial charge in [0.1, 0.15) is 6.04 Å². The van der Waals surface area contributed by atoms with Gasteiger partial charge in [-0.3, -0.25) is 9.10 Å². The number of carbonyl (C=O) groups excluding carboxylic acids is 1. The van der Waals surface area contributed by atoms with E-state index in [0.717, 1.165) is 23.1 Å². The molecular weight excluding hydrogens is 380 g/mol. The van der Waals surface area contributed by atoms with Crippen molar-refractivity contribution < 1.29 is 13.2 Å². The summed E-state index contributed by atoms with van der Waals surface area (Å²) in [6.07, 6.45) is 6.73. The van der Waals surface area contributed by atoms with E-state index >= 15 is 0 Å². The molecule has 27 heavy (non-hydrogen) atoms. The Morgan fingerprint density at radius 1 is 1.22 bits per heavy atom. The molecular formula is C20H32N2O3S2. The second-order valence-corrected chi connectivity index (χ2v) is 10.7. The molecule has 1 aliphatic rings. The van der Waals surface area contributed by atoms with Crippen molar-refractivity contribution in [3.63, 3.8) is 0 Å². The third-order valence-electron chi connectivity index (χ3n) is 4.85. The fourth-order valence-corrected chi connectivity index (χ4v) is 6.13. The van der Waals surface area contributed by atoms with Crippen LogP contribution in [-0.4, -0.2) is 44.2 Å². The van der Waals surface area contributed by atoms with Gasteiger partial charge in [-0.15, -0.1) is 0 Å². The Morgan fingerprint density at radius 3 is 2.33 bits per heavy atom. The van der Waals surface area contributed by atoms with E-state index in [1.807, 2.05) is 50.7 Å². The highest BCUT2D eigenvalue weighted by Crippen LogP contribution is 2.29. The van der Waals surface area contributed by atoms with E-state index in [9.17, 15) is 13.2 Å². The lowest BCUT2D eigenvalue weighted by molar-refractivity contribution is -0.122. The molecule has 0 radical (unpaired) electrons. The number of thioether (sulfide) groups is 1. The maximum Gasteiger partial charge on any atom is 0.243 e. The summed E-state index contributed by atoms with van der Waals surface area (Å²) in [5, 5.41) is 3.66. The van der Waals surface area contributed by atoms with Crippen LogP contribution in [0, 0.1) is 13.8 Å². The van der Waals surface area contributed by atoms with Crippen molar-refractivity contribution in [3.05, 3.63) is 29.3 Å². The zero-order valence-electron chi connectivity index (χ0n) is 16.8. The summed E-state index contributed by atoms with van der Waals surface area (Å²) in [4.78, 5) is 12.8. The fourth-order valence-electron chi connectivity index (χ4n) is 3.71. The molecule has 0 unspecified atom stereocenters. The van der Waals surface area contributed by atoms with E-state index in [1.54, 1.807) is 0 Å². The first kappa shape index (κ1) is 22.1. The highest BCUT2D eigenvalue weighted by Gasteiger charge is 2.31. The summed E-state index contributed by atoms with van der Waals surface area (Å²) in [6.45, 7) is 6.27. The quantitative estimate of drug-likeness (QED) is 0.629. The largest absolute Gasteiger partial charge is 0.353 e. The molecule has 2 rings (SSSR count). The minimum atomic E-state index is -3.58. The van der Waals surface area contributed by atoms with Crippen molar-refractivity contribution in [1.29, 1.82) is 0 Å². The van der Waals surface area contributed by atoms with Gasteiger partial charge in [0.25, 0.3) is 0 Å². The molecule has 0 bridgehead atoms.